The van der Waals surface area contributed by atoms with Crippen LogP contribution in [0.25, 0.3) is 0 Å². The van der Waals surface area contributed by atoms with Crippen LogP contribution in [0.3, 0.4) is 0 Å². The highest BCUT2D eigenvalue weighted by atomic mass is 16.3. The molecule has 17 heavy (non-hydrogen) atoms. The molecule has 1 heterocycles. The Balaban J connectivity index is 1.85. The Morgan fingerprint density at radius 1 is 1.12 bits per heavy atom. The van der Waals surface area contributed by atoms with Gasteiger partial charge in [0.2, 0.25) is 0 Å². The lowest BCUT2D eigenvalue weighted by molar-refractivity contribution is -0.117. The number of likely N-dealkylation sites (tertiary alicyclic amines) is 1. The van der Waals surface area contributed by atoms with Crippen molar-refractivity contribution in [3.05, 3.63) is 0 Å². The molecule has 0 spiro atoms. The molecule has 0 aromatic carbocycles. The van der Waals surface area contributed by atoms with Crippen LogP contribution in [0.5, 0.6) is 0 Å². The van der Waals surface area contributed by atoms with Crippen LogP contribution in [-0.4, -0.2) is 41.5 Å². The number of carbonyl (C=O) groups is 1. The lowest BCUT2D eigenvalue weighted by atomic mass is 10.1. The first-order valence-electron chi connectivity index (χ1n) is 7.08. The van der Waals surface area contributed by atoms with Gasteiger partial charge >= 0.3 is 0 Å². The number of hydrogen-bond acceptors (Lipinski definition) is 3. The Hall–Kier alpha value is -0.410. The maximum absolute atomic E-state index is 10.7. The van der Waals surface area contributed by atoms with Crippen molar-refractivity contribution in [3.8, 4) is 0 Å². The number of aliphatic hydroxyl groups excluding tert-OH is 1. The van der Waals surface area contributed by atoms with E-state index in [0.29, 0.717) is 5.78 Å². The van der Waals surface area contributed by atoms with E-state index >= 15 is 0 Å². The summed E-state index contributed by atoms with van der Waals surface area (Å²) < 4.78 is 0. The zero-order valence-electron chi connectivity index (χ0n) is 11.2. The number of piperidine rings is 1. The first kappa shape index (κ1) is 14.7. The molecule has 0 unspecified atom stereocenters. The molecule has 1 rings (SSSR count). The van der Waals surface area contributed by atoms with Gasteiger partial charge < -0.3 is 14.8 Å². The van der Waals surface area contributed by atoms with Gasteiger partial charge in [-0.25, -0.2) is 0 Å². The number of unbranched alkanes of at least 4 members (excludes halogenated alkanes) is 4. The molecule has 1 saturated heterocycles. The number of nitrogens with zero attached hydrogens (tertiary/aromatic N) is 1. The molecule has 0 amide bonds. The van der Waals surface area contributed by atoms with Gasteiger partial charge in [0, 0.05) is 19.5 Å². The van der Waals surface area contributed by atoms with Gasteiger partial charge in [-0.05, 0) is 39.2 Å². The Morgan fingerprint density at radius 2 is 1.71 bits per heavy atom. The Kier molecular flexibility index (Phi) is 7.45. The Labute approximate surface area is 105 Å². The van der Waals surface area contributed by atoms with Gasteiger partial charge in [-0.2, -0.15) is 0 Å². The maximum Gasteiger partial charge on any atom is 0.129 e. The summed E-state index contributed by atoms with van der Waals surface area (Å²) in [6.07, 6.45) is 8.62. The van der Waals surface area contributed by atoms with E-state index in [2.05, 4.69) is 4.90 Å². The predicted molar refractivity (Wildman–Crippen MR) is 70.1 cm³/mol. The highest BCUT2D eigenvalue weighted by Gasteiger charge is 2.15. The van der Waals surface area contributed by atoms with Crippen molar-refractivity contribution in [2.24, 2.45) is 0 Å². The van der Waals surface area contributed by atoms with Crippen LogP contribution >= 0.6 is 0 Å². The van der Waals surface area contributed by atoms with Crippen molar-refractivity contribution in [1.29, 1.82) is 0 Å². The minimum atomic E-state index is -0.0576. The van der Waals surface area contributed by atoms with Gasteiger partial charge in [0.05, 0.1) is 6.10 Å². The summed E-state index contributed by atoms with van der Waals surface area (Å²) in [7, 11) is 0. The second-order valence-electron chi connectivity index (χ2n) is 5.29. The van der Waals surface area contributed by atoms with Crippen molar-refractivity contribution in [3.63, 3.8) is 0 Å². The number of ketones is 1. The molecule has 0 aromatic heterocycles. The summed E-state index contributed by atoms with van der Waals surface area (Å²) in [5.41, 5.74) is 0. The molecular formula is C14H27NO2. The van der Waals surface area contributed by atoms with Crippen molar-refractivity contribution in [2.75, 3.05) is 19.6 Å². The van der Waals surface area contributed by atoms with E-state index in [0.717, 1.165) is 38.8 Å². The molecule has 1 aliphatic heterocycles. The topological polar surface area (TPSA) is 40.5 Å². The molecule has 3 heteroatoms. The molecule has 1 N–H and O–H groups in total. The molecular weight excluding hydrogens is 214 g/mol. The van der Waals surface area contributed by atoms with E-state index in [-0.39, 0.29) is 6.10 Å². The Morgan fingerprint density at radius 3 is 2.35 bits per heavy atom. The predicted octanol–water partition coefficient (Wildman–Crippen LogP) is 2.37. The lowest BCUT2D eigenvalue weighted by Gasteiger charge is -2.29. The van der Waals surface area contributed by atoms with Crippen LogP contribution in [0.2, 0.25) is 0 Å². The van der Waals surface area contributed by atoms with Crippen molar-refractivity contribution in [2.45, 2.75) is 64.4 Å². The standard InChI is InChI=1S/C14H27NO2/c1-13(16)7-5-3-2-4-6-10-15-11-8-14(17)9-12-15/h14,17H,2-12H2,1H3. The van der Waals surface area contributed by atoms with E-state index in [1.165, 1.54) is 32.2 Å². The van der Waals surface area contributed by atoms with Crippen LogP contribution in [0.4, 0.5) is 0 Å². The zero-order valence-corrected chi connectivity index (χ0v) is 11.2. The van der Waals surface area contributed by atoms with Gasteiger partial charge in [0.15, 0.2) is 0 Å². The summed E-state index contributed by atoms with van der Waals surface area (Å²) in [5.74, 6) is 0.317. The number of hydrogen-bond donors (Lipinski definition) is 1. The third-order valence-corrected chi connectivity index (χ3v) is 3.56. The average molecular weight is 241 g/mol. The van der Waals surface area contributed by atoms with Gasteiger partial charge in [0.25, 0.3) is 0 Å². The number of aliphatic hydroxyl groups is 1. The van der Waals surface area contributed by atoms with Gasteiger partial charge in [-0.15, -0.1) is 0 Å². The molecule has 0 aromatic rings. The van der Waals surface area contributed by atoms with E-state index in [9.17, 15) is 9.90 Å². The fourth-order valence-corrected chi connectivity index (χ4v) is 2.38. The van der Waals surface area contributed by atoms with Crippen LogP contribution in [0, 0.1) is 0 Å². The summed E-state index contributed by atoms with van der Waals surface area (Å²) >= 11 is 0. The van der Waals surface area contributed by atoms with Gasteiger partial charge in [0.1, 0.15) is 5.78 Å². The largest absolute Gasteiger partial charge is 0.393 e. The van der Waals surface area contributed by atoms with Crippen LogP contribution in [0.15, 0.2) is 0 Å². The average Bonchev–Trinajstić information content (AvgIpc) is 2.30. The maximum atomic E-state index is 10.7. The van der Waals surface area contributed by atoms with Gasteiger partial charge in [-0.1, -0.05) is 19.3 Å². The molecule has 0 saturated carbocycles. The first-order valence-corrected chi connectivity index (χ1v) is 7.08. The first-order chi connectivity index (χ1) is 8.18. The minimum Gasteiger partial charge on any atom is -0.393 e. The number of rotatable bonds is 8. The highest BCUT2D eigenvalue weighted by molar-refractivity contribution is 5.75. The molecule has 0 atom stereocenters. The zero-order chi connectivity index (χ0) is 12.5. The third-order valence-electron chi connectivity index (χ3n) is 3.56. The monoisotopic (exact) mass is 241 g/mol. The molecule has 0 aliphatic carbocycles. The smallest absolute Gasteiger partial charge is 0.129 e. The lowest BCUT2D eigenvalue weighted by Crippen LogP contribution is -2.36. The third kappa shape index (κ3) is 7.50. The van der Waals surface area contributed by atoms with E-state index in [4.69, 9.17) is 0 Å². The molecule has 100 valence electrons. The second kappa shape index (κ2) is 8.65. The Bertz CT molecular complexity index is 210. The fourth-order valence-electron chi connectivity index (χ4n) is 2.38. The molecule has 1 fully saturated rings. The number of Topliss-reactive ketones (excluding diaryl/α,β-unsaturated/α-hetero) is 1. The summed E-state index contributed by atoms with van der Waals surface area (Å²) in [4.78, 5) is 13.2. The van der Waals surface area contributed by atoms with E-state index in [1.54, 1.807) is 6.92 Å². The fraction of sp³-hybridized carbons (Fsp3) is 0.929. The summed E-state index contributed by atoms with van der Waals surface area (Å²) in [5, 5.41) is 9.39. The van der Waals surface area contributed by atoms with Crippen LogP contribution in [0.1, 0.15) is 58.3 Å². The molecule has 3 nitrogen and oxygen atoms in total. The van der Waals surface area contributed by atoms with Crippen molar-refractivity contribution < 1.29 is 9.90 Å². The molecule has 0 bridgehead atoms. The van der Waals surface area contributed by atoms with Gasteiger partial charge in [-0.3, -0.25) is 0 Å². The molecule has 0 radical (unpaired) electrons. The highest BCUT2D eigenvalue weighted by Crippen LogP contribution is 2.12. The van der Waals surface area contributed by atoms with Crippen LogP contribution < -0.4 is 0 Å². The normalized spacial score (nSPS) is 18.5. The number of carbonyl (C=O) groups excluding carboxylic acids is 1. The summed E-state index contributed by atoms with van der Waals surface area (Å²) in [6.45, 7) is 4.97. The molecule has 1 aliphatic rings. The minimum absolute atomic E-state index is 0.0576. The van der Waals surface area contributed by atoms with E-state index in [1.807, 2.05) is 0 Å². The quantitative estimate of drug-likeness (QED) is 0.663. The second-order valence-corrected chi connectivity index (χ2v) is 5.29. The SMILES string of the molecule is CC(=O)CCCCCCCN1CCC(O)CC1. The van der Waals surface area contributed by atoms with Crippen molar-refractivity contribution >= 4 is 5.78 Å². The van der Waals surface area contributed by atoms with Crippen molar-refractivity contribution in [1.82, 2.24) is 4.90 Å². The summed E-state index contributed by atoms with van der Waals surface area (Å²) in [6, 6.07) is 0. The van der Waals surface area contributed by atoms with Crippen LogP contribution in [-0.2, 0) is 4.79 Å². The van der Waals surface area contributed by atoms with E-state index < -0.39 is 0 Å².